The fraction of sp³-hybridized carbons (Fsp3) is 0.636. The number of aliphatic hydroxyl groups excluding tert-OH is 1. The van der Waals surface area contributed by atoms with Gasteiger partial charge in [0, 0.05) is 6.54 Å². The molecule has 96 valence electrons. The fourth-order valence-corrected chi connectivity index (χ4v) is 2.68. The molecule has 1 aliphatic carbocycles. The molecule has 0 amide bonds. The predicted octanol–water partition coefficient (Wildman–Crippen LogP) is 1.24. The number of sulfonamides is 1. The Hall–Kier alpha value is -0.850. The molecule has 1 heterocycles. The molecule has 1 aliphatic rings. The third kappa shape index (κ3) is 3.55. The van der Waals surface area contributed by atoms with Crippen LogP contribution in [0, 0.1) is 5.92 Å². The van der Waals surface area contributed by atoms with Gasteiger partial charge in [-0.15, -0.1) is 0 Å². The molecular formula is C11H17NO4S. The molecule has 17 heavy (non-hydrogen) atoms. The van der Waals surface area contributed by atoms with E-state index in [-0.39, 0.29) is 17.5 Å². The molecule has 1 aromatic heterocycles. The zero-order valence-corrected chi connectivity index (χ0v) is 10.4. The summed E-state index contributed by atoms with van der Waals surface area (Å²) < 4.78 is 31.0. The normalized spacial score (nSPS) is 16.3. The Bertz CT molecular complexity index is 462. The van der Waals surface area contributed by atoms with Crippen molar-refractivity contribution in [3.63, 3.8) is 0 Å². The van der Waals surface area contributed by atoms with Crippen molar-refractivity contribution in [3.8, 4) is 0 Å². The van der Waals surface area contributed by atoms with Gasteiger partial charge in [-0.3, -0.25) is 0 Å². The summed E-state index contributed by atoms with van der Waals surface area (Å²) >= 11 is 0. The Balaban J connectivity index is 1.84. The maximum Gasteiger partial charge on any atom is 0.273 e. The van der Waals surface area contributed by atoms with Crippen molar-refractivity contribution in [2.75, 3.05) is 6.54 Å². The lowest BCUT2D eigenvalue weighted by Crippen LogP contribution is -2.24. The largest absolute Gasteiger partial charge is 0.446 e. The zero-order chi connectivity index (χ0) is 12.3. The van der Waals surface area contributed by atoms with Crippen molar-refractivity contribution in [2.45, 2.75) is 37.4 Å². The van der Waals surface area contributed by atoms with Gasteiger partial charge in [0.15, 0.2) is 0 Å². The molecule has 0 radical (unpaired) electrons. The van der Waals surface area contributed by atoms with Crippen LogP contribution in [0.25, 0.3) is 0 Å². The molecule has 2 N–H and O–H groups in total. The molecular weight excluding hydrogens is 242 g/mol. The molecule has 0 aromatic carbocycles. The first-order chi connectivity index (χ1) is 8.12. The average Bonchev–Trinajstić information content (AvgIpc) is 2.98. The second-order valence-corrected chi connectivity index (χ2v) is 6.06. The number of aliphatic hydroxyl groups is 1. The number of furan rings is 1. The van der Waals surface area contributed by atoms with Gasteiger partial charge in [0.05, 0.1) is 0 Å². The number of rotatable bonds is 7. The Labute approximate surface area is 101 Å². The first-order valence-electron chi connectivity index (χ1n) is 5.81. The first kappa shape index (κ1) is 12.6. The summed E-state index contributed by atoms with van der Waals surface area (Å²) in [6, 6.07) is 2.81. The van der Waals surface area contributed by atoms with E-state index in [1.165, 1.54) is 25.0 Å². The minimum atomic E-state index is -3.55. The molecule has 0 spiro atoms. The first-order valence-corrected chi connectivity index (χ1v) is 7.29. The Morgan fingerprint density at radius 3 is 2.76 bits per heavy atom. The van der Waals surface area contributed by atoms with Crippen molar-refractivity contribution in [2.24, 2.45) is 5.92 Å². The molecule has 1 aromatic rings. The maximum absolute atomic E-state index is 11.7. The summed E-state index contributed by atoms with van der Waals surface area (Å²) in [6.45, 7) is 0.144. The highest BCUT2D eigenvalue weighted by Gasteiger charge is 2.21. The third-order valence-electron chi connectivity index (χ3n) is 2.84. The van der Waals surface area contributed by atoms with E-state index in [4.69, 9.17) is 9.52 Å². The molecule has 1 saturated carbocycles. The van der Waals surface area contributed by atoms with E-state index in [9.17, 15) is 8.42 Å². The van der Waals surface area contributed by atoms with Crippen molar-refractivity contribution in [1.82, 2.24) is 4.72 Å². The predicted molar refractivity (Wildman–Crippen MR) is 61.8 cm³/mol. The molecule has 1 fully saturated rings. The summed E-state index contributed by atoms with van der Waals surface area (Å²) in [7, 11) is -3.55. The van der Waals surface area contributed by atoms with Gasteiger partial charge in [0.1, 0.15) is 12.4 Å². The van der Waals surface area contributed by atoms with Gasteiger partial charge < -0.3 is 9.52 Å². The Kier molecular flexibility index (Phi) is 3.86. The van der Waals surface area contributed by atoms with Gasteiger partial charge in [-0.2, -0.15) is 0 Å². The fourth-order valence-electron chi connectivity index (χ4n) is 1.66. The van der Waals surface area contributed by atoms with Crippen LogP contribution in [-0.4, -0.2) is 20.1 Å². The Morgan fingerprint density at radius 1 is 1.41 bits per heavy atom. The van der Waals surface area contributed by atoms with Crippen LogP contribution in [0.2, 0.25) is 0 Å². The van der Waals surface area contributed by atoms with Crippen molar-refractivity contribution >= 4 is 10.0 Å². The lowest BCUT2D eigenvalue weighted by molar-refractivity contribution is 0.236. The third-order valence-corrected chi connectivity index (χ3v) is 4.17. The standard InChI is InChI=1S/C11H17NO4S/c13-8-10-5-6-11(16-10)17(14,15)12-7-1-2-9-3-4-9/h5-6,9,12-13H,1-4,7-8H2. The second-order valence-electron chi connectivity index (χ2n) is 4.36. The van der Waals surface area contributed by atoms with E-state index in [1.54, 1.807) is 0 Å². The van der Waals surface area contributed by atoms with E-state index in [1.807, 2.05) is 0 Å². The minimum absolute atomic E-state index is 0.132. The zero-order valence-electron chi connectivity index (χ0n) is 9.55. The van der Waals surface area contributed by atoms with E-state index in [0.29, 0.717) is 6.54 Å². The summed E-state index contributed by atoms with van der Waals surface area (Å²) in [6.07, 6.45) is 4.51. The topological polar surface area (TPSA) is 79.5 Å². The van der Waals surface area contributed by atoms with E-state index in [2.05, 4.69) is 4.72 Å². The van der Waals surface area contributed by atoms with Crippen LogP contribution >= 0.6 is 0 Å². The van der Waals surface area contributed by atoms with Crippen LogP contribution in [0.5, 0.6) is 0 Å². The summed E-state index contributed by atoms with van der Waals surface area (Å²) in [4.78, 5) is 0. The summed E-state index contributed by atoms with van der Waals surface area (Å²) in [5, 5.41) is 8.66. The van der Waals surface area contributed by atoms with Gasteiger partial charge in [0.25, 0.3) is 10.0 Å². The Morgan fingerprint density at radius 2 is 2.18 bits per heavy atom. The van der Waals surface area contributed by atoms with E-state index < -0.39 is 10.0 Å². The molecule has 2 rings (SSSR count). The highest BCUT2D eigenvalue weighted by atomic mass is 32.2. The van der Waals surface area contributed by atoms with Gasteiger partial charge >= 0.3 is 0 Å². The molecule has 0 bridgehead atoms. The van der Waals surface area contributed by atoms with Gasteiger partial charge in [-0.1, -0.05) is 12.8 Å². The molecule has 0 atom stereocenters. The van der Waals surface area contributed by atoms with Crippen molar-refractivity contribution in [1.29, 1.82) is 0 Å². The van der Waals surface area contributed by atoms with Crippen LogP contribution in [0.3, 0.4) is 0 Å². The highest BCUT2D eigenvalue weighted by Crippen LogP contribution is 2.33. The lowest BCUT2D eigenvalue weighted by atomic mass is 10.2. The van der Waals surface area contributed by atoms with Crippen molar-refractivity contribution in [3.05, 3.63) is 17.9 Å². The molecule has 0 saturated heterocycles. The van der Waals surface area contributed by atoms with Crippen LogP contribution in [0.15, 0.2) is 21.6 Å². The quantitative estimate of drug-likeness (QED) is 0.722. The van der Waals surface area contributed by atoms with Gasteiger partial charge in [-0.25, -0.2) is 13.1 Å². The van der Waals surface area contributed by atoms with E-state index >= 15 is 0 Å². The molecule has 5 nitrogen and oxygen atoms in total. The average molecular weight is 259 g/mol. The number of nitrogens with one attached hydrogen (secondary N) is 1. The number of hydrogen-bond acceptors (Lipinski definition) is 4. The lowest BCUT2D eigenvalue weighted by Gasteiger charge is -2.03. The summed E-state index contributed by atoms with van der Waals surface area (Å²) in [5.74, 6) is 1.06. The van der Waals surface area contributed by atoms with Crippen LogP contribution in [-0.2, 0) is 16.6 Å². The van der Waals surface area contributed by atoms with Crippen LogP contribution < -0.4 is 4.72 Å². The summed E-state index contributed by atoms with van der Waals surface area (Å²) in [5.41, 5.74) is 0. The van der Waals surface area contributed by atoms with Gasteiger partial charge in [0.2, 0.25) is 5.09 Å². The number of hydrogen-bond donors (Lipinski definition) is 2. The minimum Gasteiger partial charge on any atom is -0.446 e. The molecule has 0 unspecified atom stereocenters. The van der Waals surface area contributed by atoms with Crippen molar-refractivity contribution < 1.29 is 17.9 Å². The maximum atomic E-state index is 11.7. The smallest absolute Gasteiger partial charge is 0.273 e. The monoisotopic (exact) mass is 259 g/mol. The highest BCUT2D eigenvalue weighted by molar-refractivity contribution is 7.89. The van der Waals surface area contributed by atoms with Crippen LogP contribution in [0.4, 0.5) is 0 Å². The molecule has 6 heteroatoms. The van der Waals surface area contributed by atoms with E-state index in [0.717, 1.165) is 18.8 Å². The second kappa shape index (κ2) is 5.20. The van der Waals surface area contributed by atoms with Gasteiger partial charge in [-0.05, 0) is 30.9 Å². The molecule has 0 aliphatic heterocycles. The van der Waals surface area contributed by atoms with Crippen LogP contribution in [0.1, 0.15) is 31.4 Å². The SMILES string of the molecule is O=S(=O)(NCCCC1CC1)c1ccc(CO)o1.